The van der Waals surface area contributed by atoms with Crippen LogP contribution >= 0.6 is 0 Å². The second-order valence-electron chi connectivity index (χ2n) is 3.70. The number of anilines is 1. The van der Waals surface area contributed by atoms with E-state index in [-0.39, 0.29) is 0 Å². The minimum Gasteiger partial charge on any atom is -0.383 e. The van der Waals surface area contributed by atoms with E-state index < -0.39 is 0 Å². The molecular formula is C11H21N3O. The number of nitrogens with zero attached hydrogens (tertiary/aromatic N) is 2. The Morgan fingerprint density at radius 3 is 2.93 bits per heavy atom. The molecule has 0 aliphatic heterocycles. The van der Waals surface area contributed by atoms with Crippen molar-refractivity contribution in [2.75, 3.05) is 19.0 Å². The van der Waals surface area contributed by atoms with Gasteiger partial charge in [0, 0.05) is 25.9 Å². The summed E-state index contributed by atoms with van der Waals surface area (Å²) in [6, 6.07) is 0.370. The van der Waals surface area contributed by atoms with E-state index in [4.69, 9.17) is 4.74 Å². The van der Waals surface area contributed by atoms with Crippen molar-refractivity contribution >= 4 is 5.69 Å². The maximum Gasteiger partial charge on any atom is 0.0729 e. The molecule has 0 spiro atoms. The first-order valence-electron chi connectivity index (χ1n) is 5.58. The third-order valence-corrected chi connectivity index (χ3v) is 2.32. The summed E-state index contributed by atoms with van der Waals surface area (Å²) in [6.45, 7) is 6.00. The predicted octanol–water partition coefficient (Wildman–Crippen LogP) is 2.13. The Balaban J connectivity index is 2.47. The third kappa shape index (κ3) is 3.91. The lowest BCUT2D eigenvalue weighted by Crippen LogP contribution is -2.23. The molecule has 86 valence electrons. The van der Waals surface area contributed by atoms with Crippen molar-refractivity contribution in [1.29, 1.82) is 0 Å². The van der Waals surface area contributed by atoms with Crippen LogP contribution < -0.4 is 5.32 Å². The number of aromatic nitrogens is 2. The van der Waals surface area contributed by atoms with E-state index in [9.17, 15) is 0 Å². The molecule has 0 fully saturated rings. The first-order chi connectivity index (χ1) is 7.30. The van der Waals surface area contributed by atoms with Crippen LogP contribution in [0, 0.1) is 0 Å². The molecule has 1 heterocycles. The van der Waals surface area contributed by atoms with Crippen LogP contribution in [0.3, 0.4) is 0 Å². The zero-order valence-corrected chi connectivity index (χ0v) is 9.86. The lowest BCUT2D eigenvalue weighted by molar-refractivity contribution is 0.184. The van der Waals surface area contributed by atoms with Gasteiger partial charge in [-0.25, -0.2) is 0 Å². The van der Waals surface area contributed by atoms with Gasteiger partial charge in [0.25, 0.3) is 0 Å². The summed E-state index contributed by atoms with van der Waals surface area (Å²) in [5, 5.41) is 7.67. The molecule has 0 radical (unpaired) electrons. The first kappa shape index (κ1) is 12.0. The van der Waals surface area contributed by atoms with E-state index in [0.717, 1.165) is 31.7 Å². The standard InChI is InChI=1S/C11H21N3O/c1-4-6-14-8-11(7-12-14)13-10(5-2)9-15-3/h7-8,10,13H,4-6,9H2,1-3H3. The summed E-state index contributed by atoms with van der Waals surface area (Å²) in [6.07, 6.45) is 6.07. The molecule has 1 aromatic heterocycles. The maximum atomic E-state index is 5.13. The van der Waals surface area contributed by atoms with Crippen molar-refractivity contribution in [2.24, 2.45) is 0 Å². The zero-order valence-electron chi connectivity index (χ0n) is 9.86. The van der Waals surface area contributed by atoms with Crippen LogP contribution in [0.15, 0.2) is 12.4 Å². The van der Waals surface area contributed by atoms with Crippen molar-refractivity contribution in [2.45, 2.75) is 39.3 Å². The van der Waals surface area contributed by atoms with E-state index >= 15 is 0 Å². The summed E-state index contributed by atoms with van der Waals surface area (Å²) in [5.41, 5.74) is 1.08. The molecule has 0 aliphatic carbocycles. The van der Waals surface area contributed by atoms with Gasteiger partial charge in [-0.15, -0.1) is 0 Å². The van der Waals surface area contributed by atoms with Crippen molar-refractivity contribution < 1.29 is 4.74 Å². The Bertz CT molecular complexity index is 273. The van der Waals surface area contributed by atoms with Crippen LogP contribution in [0.1, 0.15) is 26.7 Å². The van der Waals surface area contributed by atoms with Gasteiger partial charge in [0.15, 0.2) is 0 Å². The van der Waals surface area contributed by atoms with Crippen LogP contribution in [0.4, 0.5) is 5.69 Å². The van der Waals surface area contributed by atoms with E-state index in [1.807, 2.05) is 17.1 Å². The molecule has 1 unspecified atom stereocenters. The molecule has 1 rings (SSSR count). The summed E-state index contributed by atoms with van der Waals surface area (Å²) in [4.78, 5) is 0. The van der Waals surface area contributed by atoms with Gasteiger partial charge in [-0.2, -0.15) is 5.10 Å². The molecule has 1 atom stereocenters. The van der Waals surface area contributed by atoms with Gasteiger partial charge >= 0.3 is 0 Å². The van der Waals surface area contributed by atoms with Gasteiger partial charge in [-0.1, -0.05) is 13.8 Å². The lowest BCUT2D eigenvalue weighted by Gasteiger charge is -2.15. The van der Waals surface area contributed by atoms with E-state index in [0.29, 0.717) is 6.04 Å². The van der Waals surface area contributed by atoms with Crippen molar-refractivity contribution in [3.8, 4) is 0 Å². The SMILES string of the molecule is CCCn1cc(NC(CC)COC)cn1. The molecule has 0 aromatic carbocycles. The molecule has 4 nitrogen and oxygen atoms in total. The van der Waals surface area contributed by atoms with Crippen LogP contribution in [-0.2, 0) is 11.3 Å². The van der Waals surface area contributed by atoms with Gasteiger partial charge in [-0.3, -0.25) is 4.68 Å². The summed E-state index contributed by atoms with van der Waals surface area (Å²) < 4.78 is 7.09. The Labute approximate surface area is 91.6 Å². The Morgan fingerprint density at radius 2 is 2.33 bits per heavy atom. The van der Waals surface area contributed by atoms with Crippen LogP contribution in [-0.4, -0.2) is 29.5 Å². The highest BCUT2D eigenvalue weighted by molar-refractivity contribution is 5.39. The van der Waals surface area contributed by atoms with Gasteiger partial charge < -0.3 is 10.1 Å². The summed E-state index contributed by atoms with van der Waals surface area (Å²) in [7, 11) is 1.73. The van der Waals surface area contributed by atoms with Gasteiger partial charge in [0.1, 0.15) is 0 Å². The Hall–Kier alpha value is -1.03. The molecule has 0 bridgehead atoms. The quantitative estimate of drug-likeness (QED) is 0.751. The molecule has 0 aliphatic rings. The summed E-state index contributed by atoms with van der Waals surface area (Å²) in [5.74, 6) is 0. The average Bonchev–Trinajstić information content (AvgIpc) is 2.66. The minimum atomic E-state index is 0.370. The highest BCUT2D eigenvalue weighted by atomic mass is 16.5. The minimum absolute atomic E-state index is 0.370. The second-order valence-corrected chi connectivity index (χ2v) is 3.70. The highest BCUT2D eigenvalue weighted by Gasteiger charge is 2.06. The van der Waals surface area contributed by atoms with Crippen molar-refractivity contribution in [3.05, 3.63) is 12.4 Å². The average molecular weight is 211 g/mol. The Kier molecular flexibility index (Phi) is 5.18. The second kappa shape index (κ2) is 6.45. The van der Waals surface area contributed by atoms with Crippen molar-refractivity contribution in [1.82, 2.24) is 9.78 Å². The number of hydrogen-bond acceptors (Lipinski definition) is 3. The van der Waals surface area contributed by atoms with E-state index in [1.54, 1.807) is 7.11 Å². The molecule has 0 saturated carbocycles. The number of nitrogens with one attached hydrogen (secondary N) is 1. The van der Waals surface area contributed by atoms with Gasteiger partial charge in [-0.05, 0) is 12.8 Å². The number of methoxy groups -OCH3 is 1. The van der Waals surface area contributed by atoms with Crippen LogP contribution in [0.25, 0.3) is 0 Å². The fourth-order valence-corrected chi connectivity index (χ4v) is 1.49. The zero-order chi connectivity index (χ0) is 11.1. The predicted molar refractivity (Wildman–Crippen MR) is 62.1 cm³/mol. The molecule has 4 heteroatoms. The van der Waals surface area contributed by atoms with Crippen molar-refractivity contribution in [3.63, 3.8) is 0 Å². The monoisotopic (exact) mass is 211 g/mol. The largest absolute Gasteiger partial charge is 0.383 e. The van der Waals surface area contributed by atoms with Crippen LogP contribution in [0.5, 0.6) is 0 Å². The maximum absolute atomic E-state index is 5.13. The lowest BCUT2D eigenvalue weighted by atomic mass is 10.2. The fraction of sp³-hybridized carbons (Fsp3) is 0.727. The third-order valence-electron chi connectivity index (χ3n) is 2.32. The van der Waals surface area contributed by atoms with E-state index in [1.165, 1.54) is 0 Å². The molecular weight excluding hydrogens is 190 g/mol. The first-order valence-corrected chi connectivity index (χ1v) is 5.58. The highest BCUT2D eigenvalue weighted by Crippen LogP contribution is 2.09. The van der Waals surface area contributed by atoms with Crippen LogP contribution in [0.2, 0.25) is 0 Å². The van der Waals surface area contributed by atoms with Gasteiger partial charge in [0.05, 0.1) is 18.5 Å². The molecule has 0 amide bonds. The fourth-order valence-electron chi connectivity index (χ4n) is 1.49. The molecule has 0 saturated heterocycles. The number of rotatable bonds is 7. The topological polar surface area (TPSA) is 39.1 Å². The molecule has 1 N–H and O–H groups in total. The number of ether oxygens (including phenoxy) is 1. The number of aryl methyl sites for hydroxylation is 1. The molecule has 15 heavy (non-hydrogen) atoms. The normalized spacial score (nSPS) is 12.7. The number of hydrogen-bond donors (Lipinski definition) is 1. The molecule has 1 aromatic rings. The van der Waals surface area contributed by atoms with Gasteiger partial charge in [0.2, 0.25) is 0 Å². The van der Waals surface area contributed by atoms with E-state index in [2.05, 4.69) is 24.3 Å². The summed E-state index contributed by atoms with van der Waals surface area (Å²) >= 11 is 0. The Morgan fingerprint density at radius 1 is 1.53 bits per heavy atom. The smallest absolute Gasteiger partial charge is 0.0729 e.